The fourth-order valence-electron chi connectivity index (χ4n) is 3.08. The Labute approximate surface area is 203 Å². The Morgan fingerprint density at radius 1 is 1.11 bits per heavy atom. The largest absolute Gasteiger partial charge is 0.484 e. The van der Waals surface area contributed by atoms with Crippen LogP contribution in [0.2, 0.25) is 0 Å². The fourth-order valence-corrected chi connectivity index (χ4v) is 3.71. The maximum absolute atomic E-state index is 13.7. The highest BCUT2D eigenvalue weighted by Gasteiger charge is 2.34. The molecule has 0 unspecified atom stereocenters. The van der Waals surface area contributed by atoms with Gasteiger partial charge in [0.15, 0.2) is 15.6 Å². The van der Waals surface area contributed by atoms with E-state index in [-0.39, 0.29) is 16.0 Å². The van der Waals surface area contributed by atoms with Gasteiger partial charge in [-0.05, 0) is 49.7 Å². The van der Waals surface area contributed by atoms with E-state index < -0.39 is 62.7 Å². The van der Waals surface area contributed by atoms with Gasteiger partial charge in [-0.3, -0.25) is 4.79 Å². The maximum atomic E-state index is 13.7. The highest BCUT2D eigenvalue weighted by Crippen LogP contribution is 2.33. The molecule has 0 spiro atoms. The maximum Gasteiger partial charge on any atom is 0.419 e. The van der Waals surface area contributed by atoms with E-state index in [1.54, 1.807) is 0 Å². The molecule has 36 heavy (non-hydrogen) atoms. The summed E-state index contributed by atoms with van der Waals surface area (Å²) in [7, 11) is -3.52. The molecule has 0 aliphatic rings. The number of rotatable bonds is 7. The van der Waals surface area contributed by atoms with E-state index >= 15 is 0 Å². The second-order valence-corrected chi connectivity index (χ2v) is 10.6. The van der Waals surface area contributed by atoms with Crippen molar-refractivity contribution in [3.63, 3.8) is 0 Å². The Morgan fingerprint density at radius 3 is 2.25 bits per heavy atom. The number of aliphatic hydroxyl groups excluding tert-OH is 1. The molecule has 0 amide bonds. The second-order valence-electron chi connectivity index (χ2n) is 8.54. The predicted octanol–water partition coefficient (Wildman–Crippen LogP) is 2.97. The highest BCUT2D eigenvalue weighted by atomic mass is 32.2. The van der Waals surface area contributed by atoms with Crippen LogP contribution in [0.15, 0.2) is 58.4 Å². The average Bonchev–Trinajstić information content (AvgIpc) is 2.76. The molecule has 1 atom stereocenters. The number of hydrogen-bond acceptors (Lipinski definition) is 7. The third-order valence-electron chi connectivity index (χ3n) is 5.23. The molecule has 0 radical (unpaired) electrons. The summed E-state index contributed by atoms with van der Waals surface area (Å²) < 4.78 is 82.8. The van der Waals surface area contributed by atoms with Crippen molar-refractivity contribution in [1.82, 2.24) is 9.78 Å². The van der Waals surface area contributed by atoms with Gasteiger partial charge in [-0.1, -0.05) is 12.1 Å². The van der Waals surface area contributed by atoms with Crippen molar-refractivity contribution < 1.29 is 40.9 Å². The monoisotopic (exact) mass is 530 g/mol. The molecule has 194 valence electrons. The lowest BCUT2D eigenvalue weighted by atomic mass is 10.0. The van der Waals surface area contributed by atoms with Gasteiger partial charge in [0.05, 0.1) is 27.9 Å². The number of hydrogen-bond donors (Lipinski definition) is 2. The van der Waals surface area contributed by atoms with Gasteiger partial charge in [0.1, 0.15) is 18.5 Å². The summed E-state index contributed by atoms with van der Waals surface area (Å²) in [5.74, 6) is -1.98. The van der Waals surface area contributed by atoms with Crippen molar-refractivity contribution in [1.29, 1.82) is 0 Å². The lowest BCUT2D eigenvalue weighted by Crippen LogP contribution is -2.40. The third-order valence-corrected chi connectivity index (χ3v) is 6.36. The number of halogens is 4. The summed E-state index contributed by atoms with van der Waals surface area (Å²) in [6, 6.07) is 7.19. The topological polar surface area (TPSA) is 119 Å². The number of alkyl halides is 3. The molecule has 13 heteroatoms. The van der Waals surface area contributed by atoms with Crippen molar-refractivity contribution in [3.8, 4) is 22.6 Å². The van der Waals surface area contributed by atoms with Gasteiger partial charge in [0.25, 0.3) is 0 Å². The van der Waals surface area contributed by atoms with E-state index in [1.807, 2.05) is 0 Å². The number of aliphatic hydroxyl groups is 2. The first-order chi connectivity index (χ1) is 16.5. The van der Waals surface area contributed by atoms with E-state index in [0.29, 0.717) is 16.8 Å². The van der Waals surface area contributed by atoms with Gasteiger partial charge in [-0.2, -0.15) is 23.0 Å². The zero-order chi connectivity index (χ0) is 27.1. The smallest absolute Gasteiger partial charge is 0.419 e. The molecular formula is C23H22F4N2O6S. The molecule has 0 aliphatic heterocycles. The van der Waals surface area contributed by atoms with Gasteiger partial charge in [0.2, 0.25) is 0 Å². The lowest BCUT2D eigenvalue weighted by molar-refractivity contribution is -0.140. The molecule has 0 bridgehead atoms. The summed E-state index contributed by atoms with van der Waals surface area (Å²) in [6.07, 6.45) is -4.38. The highest BCUT2D eigenvalue weighted by molar-refractivity contribution is 7.90. The average molecular weight is 530 g/mol. The Balaban J connectivity index is 2.17. The van der Waals surface area contributed by atoms with Crippen LogP contribution in [0.1, 0.15) is 19.4 Å². The molecule has 8 nitrogen and oxygen atoms in total. The Hall–Kier alpha value is -3.29. The van der Waals surface area contributed by atoms with Crippen molar-refractivity contribution in [2.45, 2.75) is 36.6 Å². The van der Waals surface area contributed by atoms with Crippen LogP contribution in [-0.2, 0) is 16.0 Å². The predicted molar refractivity (Wildman–Crippen MR) is 121 cm³/mol. The zero-order valence-electron chi connectivity index (χ0n) is 19.2. The number of nitrogens with zero attached hydrogens (tertiary/aromatic N) is 2. The molecule has 3 rings (SSSR count). The number of ether oxygens (including phenoxy) is 1. The van der Waals surface area contributed by atoms with Crippen LogP contribution in [0.3, 0.4) is 0 Å². The summed E-state index contributed by atoms with van der Waals surface area (Å²) in [5, 5.41) is 24.0. The van der Waals surface area contributed by atoms with Crippen molar-refractivity contribution in [2.75, 3.05) is 12.9 Å². The van der Waals surface area contributed by atoms with E-state index in [2.05, 4.69) is 5.10 Å². The van der Waals surface area contributed by atoms with Crippen LogP contribution in [0.5, 0.6) is 5.75 Å². The number of sulfone groups is 1. The van der Waals surface area contributed by atoms with Crippen molar-refractivity contribution >= 4 is 9.84 Å². The molecule has 2 aromatic carbocycles. The lowest BCUT2D eigenvalue weighted by Gasteiger charge is -2.24. The van der Waals surface area contributed by atoms with Gasteiger partial charge >= 0.3 is 11.7 Å². The summed E-state index contributed by atoms with van der Waals surface area (Å²) in [6.45, 7) is 2.02. The minimum Gasteiger partial charge on any atom is -0.484 e. The molecule has 0 fully saturated rings. The molecule has 2 N–H and O–H groups in total. The number of benzene rings is 2. The molecule has 1 heterocycles. The SMILES string of the molecule is CC(C)(O)[C@H](O)COc1c(-c2ccc(S(C)(=O)=O)cc2)cnn(-c2ccc(F)c(C(F)(F)F)c2)c1=O. The van der Waals surface area contributed by atoms with E-state index in [4.69, 9.17) is 4.74 Å². The van der Waals surface area contributed by atoms with Gasteiger partial charge in [-0.15, -0.1) is 0 Å². The molecular weight excluding hydrogens is 508 g/mol. The van der Waals surface area contributed by atoms with Crippen LogP contribution in [0.25, 0.3) is 16.8 Å². The second kappa shape index (κ2) is 9.64. The minimum absolute atomic E-state index is 0.00142. The van der Waals surface area contributed by atoms with Crippen LogP contribution in [-0.4, -0.2) is 53.0 Å². The molecule has 0 saturated carbocycles. The number of aromatic nitrogens is 2. The Morgan fingerprint density at radius 2 is 1.72 bits per heavy atom. The molecule has 0 saturated heterocycles. The van der Waals surface area contributed by atoms with Crippen molar-refractivity contribution in [3.05, 3.63) is 70.4 Å². The molecule has 1 aromatic heterocycles. The molecule has 0 aliphatic carbocycles. The standard InChI is InChI=1S/C23H22F4N2O6S/c1-22(2,32)19(30)12-35-20-16(13-4-7-15(8-5-13)36(3,33)34)11-28-29(21(20)31)14-6-9-18(24)17(10-14)23(25,26)27/h4-11,19,30,32H,12H2,1-3H3/t19-/m1/s1. The Bertz CT molecular complexity index is 1430. The van der Waals surface area contributed by atoms with Gasteiger partial charge in [-0.25, -0.2) is 12.8 Å². The van der Waals surface area contributed by atoms with Crippen LogP contribution in [0, 0.1) is 5.82 Å². The first kappa shape index (κ1) is 27.3. The first-order valence-electron chi connectivity index (χ1n) is 10.3. The van der Waals surface area contributed by atoms with Gasteiger partial charge in [0, 0.05) is 11.8 Å². The van der Waals surface area contributed by atoms with E-state index in [9.17, 15) is 41.0 Å². The zero-order valence-corrected chi connectivity index (χ0v) is 20.1. The molecule has 3 aromatic rings. The summed E-state index contributed by atoms with van der Waals surface area (Å²) in [5.41, 5.74) is -4.33. The van der Waals surface area contributed by atoms with Crippen LogP contribution in [0.4, 0.5) is 17.6 Å². The summed E-state index contributed by atoms with van der Waals surface area (Å²) in [4.78, 5) is 13.3. The Kier molecular flexibility index (Phi) is 7.31. The van der Waals surface area contributed by atoms with Crippen LogP contribution >= 0.6 is 0 Å². The minimum atomic E-state index is -5.03. The fraction of sp³-hybridized carbons (Fsp3) is 0.304. The van der Waals surface area contributed by atoms with E-state index in [0.717, 1.165) is 18.5 Å². The van der Waals surface area contributed by atoms with Gasteiger partial charge < -0.3 is 14.9 Å². The quantitative estimate of drug-likeness (QED) is 0.451. The van der Waals surface area contributed by atoms with Crippen molar-refractivity contribution in [2.24, 2.45) is 0 Å². The van der Waals surface area contributed by atoms with E-state index in [1.165, 1.54) is 38.1 Å². The third kappa shape index (κ3) is 5.91. The summed E-state index contributed by atoms with van der Waals surface area (Å²) >= 11 is 0. The normalized spacial score (nSPS) is 13.5. The van der Waals surface area contributed by atoms with Crippen LogP contribution < -0.4 is 10.3 Å². The first-order valence-corrected chi connectivity index (χ1v) is 12.2.